The van der Waals surface area contributed by atoms with Crippen molar-refractivity contribution in [2.24, 2.45) is 0 Å². The maximum Gasteiger partial charge on any atom is 0.573 e. The predicted octanol–water partition coefficient (Wildman–Crippen LogP) is 1.91. The maximum atomic E-state index is 11.8. The molecule has 4 nitrogen and oxygen atoms in total. The van der Waals surface area contributed by atoms with E-state index in [9.17, 15) is 13.2 Å². The van der Waals surface area contributed by atoms with Crippen molar-refractivity contribution in [3.8, 4) is 5.75 Å². The fourth-order valence-corrected chi connectivity index (χ4v) is 1.08. The van der Waals surface area contributed by atoms with Gasteiger partial charge in [-0.1, -0.05) is 0 Å². The summed E-state index contributed by atoms with van der Waals surface area (Å²) in [6.45, 7) is 0. The zero-order chi connectivity index (χ0) is 10.9. The van der Waals surface area contributed by atoms with Gasteiger partial charge in [-0.3, -0.25) is 0 Å². The lowest BCUT2D eigenvalue weighted by Crippen LogP contribution is -2.18. The molecule has 14 heavy (non-hydrogen) atoms. The second-order valence-corrected chi connectivity index (χ2v) is 3.05. The molecule has 4 N–H and O–H groups in total. The number of nitrogens with two attached hydrogens (primary N) is 2. The fourth-order valence-electron chi connectivity index (χ4n) is 0.696. The Hall–Kier alpha value is -1.18. The second kappa shape index (κ2) is 3.52. The largest absolute Gasteiger partial charge is 0.573 e. The van der Waals surface area contributed by atoms with Gasteiger partial charge in [0, 0.05) is 6.07 Å². The molecule has 1 aromatic rings. The number of hydrogen-bond donors (Lipinski definition) is 2. The summed E-state index contributed by atoms with van der Waals surface area (Å²) >= 11 is 2.76. The molecular weight excluding hydrogens is 267 g/mol. The van der Waals surface area contributed by atoms with Gasteiger partial charge in [0.25, 0.3) is 0 Å². The lowest BCUT2D eigenvalue weighted by atomic mass is 10.4. The van der Waals surface area contributed by atoms with Crippen LogP contribution in [0.15, 0.2) is 10.7 Å². The molecule has 8 heteroatoms. The molecule has 0 radical (unpaired) electrons. The van der Waals surface area contributed by atoms with Crippen LogP contribution in [0.2, 0.25) is 0 Å². The van der Waals surface area contributed by atoms with E-state index in [1.807, 2.05) is 0 Å². The zero-order valence-corrected chi connectivity index (χ0v) is 8.19. The van der Waals surface area contributed by atoms with Crippen LogP contribution in [0.1, 0.15) is 0 Å². The Morgan fingerprint density at radius 2 is 1.93 bits per heavy atom. The quantitative estimate of drug-likeness (QED) is 0.766. The highest BCUT2D eigenvalue weighted by Gasteiger charge is 2.32. The Bertz CT molecular complexity index is 355. The lowest BCUT2D eigenvalue weighted by Gasteiger charge is -2.11. The molecule has 0 bridgehead atoms. The third kappa shape index (κ3) is 2.66. The summed E-state index contributed by atoms with van der Waals surface area (Å²) in [6.07, 6.45) is -4.78. The molecule has 1 rings (SSSR count). The number of halogens is 4. The van der Waals surface area contributed by atoms with Crippen molar-refractivity contribution >= 4 is 27.4 Å². The van der Waals surface area contributed by atoms with Gasteiger partial charge in [-0.05, 0) is 15.9 Å². The van der Waals surface area contributed by atoms with E-state index in [0.717, 1.165) is 6.07 Å². The number of ether oxygens (including phenoxy) is 1. The van der Waals surface area contributed by atoms with Gasteiger partial charge in [0.1, 0.15) is 5.82 Å². The molecule has 0 saturated heterocycles. The van der Waals surface area contributed by atoms with E-state index in [-0.39, 0.29) is 16.1 Å². The monoisotopic (exact) mass is 271 g/mol. The minimum absolute atomic E-state index is 0.0635. The first-order chi connectivity index (χ1) is 6.29. The van der Waals surface area contributed by atoms with Gasteiger partial charge < -0.3 is 16.2 Å². The minimum Gasteiger partial charge on any atom is -0.403 e. The van der Waals surface area contributed by atoms with Crippen molar-refractivity contribution in [2.75, 3.05) is 11.5 Å². The number of anilines is 2. The summed E-state index contributed by atoms with van der Waals surface area (Å²) in [4.78, 5) is 3.50. The van der Waals surface area contributed by atoms with Crippen molar-refractivity contribution in [2.45, 2.75) is 6.36 Å². The van der Waals surface area contributed by atoms with Gasteiger partial charge in [-0.15, -0.1) is 13.2 Å². The molecule has 1 aromatic heterocycles. The van der Waals surface area contributed by atoms with Gasteiger partial charge in [-0.25, -0.2) is 4.98 Å². The summed E-state index contributed by atoms with van der Waals surface area (Å²) in [6, 6.07) is 0.944. The highest BCUT2D eigenvalue weighted by atomic mass is 79.9. The topological polar surface area (TPSA) is 74.2 Å². The van der Waals surface area contributed by atoms with Crippen molar-refractivity contribution in [1.82, 2.24) is 4.98 Å². The number of pyridine rings is 1. The first-order valence-corrected chi connectivity index (χ1v) is 4.06. The molecule has 0 saturated carbocycles. The molecular formula is C6H5BrF3N3O. The van der Waals surface area contributed by atoms with Gasteiger partial charge in [0.2, 0.25) is 0 Å². The summed E-state index contributed by atoms with van der Waals surface area (Å²) in [7, 11) is 0. The second-order valence-electron chi connectivity index (χ2n) is 2.30. The molecule has 0 amide bonds. The van der Waals surface area contributed by atoms with Crippen molar-refractivity contribution in [1.29, 1.82) is 0 Å². The number of alkyl halides is 3. The van der Waals surface area contributed by atoms with E-state index in [1.165, 1.54) is 0 Å². The van der Waals surface area contributed by atoms with Crippen LogP contribution in [0.4, 0.5) is 24.7 Å². The summed E-state index contributed by atoms with van der Waals surface area (Å²) in [5, 5.41) is 0. The van der Waals surface area contributed by atoms with Crippen LogP contribution in [0.5, 0.6) is 5.75 Å². The van der Waals surface area contributed by atoms with Crippen LogP contribution in [0.3, 0.4) is 0 Å². The van der Waals surface area contributed by atoms with Crippen LogP contribution >= 0.6 is 15.9 Å². The predicted molar refractivity (Wildman–Crippen MR) is 47.4 cm³/mol. The van der Waals surface area contributed by atoms with Crippen LogP contribution in [0.25, 0.3) is 0 Å². The summed E-state index contributed by atoms with van der Waals surface area (Å²) in [5.41, 5.74) is 10.4. The smallest absolute Gasteiger partial charge is 0.403 e. The van der Waals surface area contributed by atoms with Crippen LogP contribution in [0, 0.1) is 0 Å². The Morgan fingerprint density at radius 3 is 2.43 bits per heavy atom. The van der Waals surface area contributed by atoms with E-state index < -0.39 is 12.1 Å². The SMILES string of the molecule is Nc1cc(OC(F)(F)F)c(Br)nc1N. The van der Waals surface area contributed by atoms with Crippen molar-refractivity contribution < 1.29 is 17.9 Å². The van der Waals surface area contributed by atoms with Gasteiger partial charge in [-0.2, -0.15) is 0 Å². The number of nitrogens with zero attached hydrogens (tertiary/aromatic N) is 1. The number of nitrogen functional groups attached to an aromatic ring is 2. The molecule has 0 aliphatic rings. The maximum absolute atomic E-state index is 11.8. The van der Waals surface area contributed by atoms with Gasteiger partial charge >= 0.3 is 6.36 Å². The summed E-state index contributed by atoms with van der Waals surface area (Å²) < 4.78 is 38.9. The Kier molecular flexibility index (Phi) is 2.74. The van der Waals surface area contributed by atoms with E-state index in [1.54, 1.807) is 0 Å². The first-order valence-electron chi connectivity index (χ1n) is 3.27. The van der Waals surface area contributed by atoms with Gasteiger partial charge in [0.05, 0.1) is 5.69 Å². The Labute approximate surface area is 85.2 Å². The van der Waals surface area contributed by atoms with E-state index in [0.29, 0.717) is 0 Å². The molecule has 78 valence electrons. The summed E-state index contributed by atoms with van der Waals surface area (Å²) in [5.74, 6) is -0.587. The van der Waals surface area contributed by atoms with E-state index in [2.05, 4.69) is 25.7 Å². The number of hydrogen-bond acceptors (Lipinski definition) is 4. The molecule has 0 unspecified atom stereocenters. The normalized spacial score (nSPS) is 11.4. The highest BCUT2D eigenvalue weighted by molar-refractivity contribution is 9.10. The Morgan fingerprint density at radius 1 is 1.36 bits per heavy atom. The Balaban J connectivity index is 3.04. The number of rotatable bonds is 1. The fraction of sp³-hybridized carbons (Fsp3) is 0.167. The number of aromatic nitrogens is 1. The molecule has 0 aliphatic heterocycles. The average Bonchev–Trinajstić information content (AvgIpc) is 1.97. The standard InChI is InChI=1S/C6H5BrF3N3O/c7-4-3(14-6(8,9)10)1-2(11)5(12)13-4/h1H,11H2,(H2,12,13). The third-order valence-electron chi connectivity index (χ3n) is 1.23. The third-order valence-corrected chi connectivity index (χ3v) is 1.80. The van der Waals surface area contributed by atoms with Crippen molar-refractivity contribution in [3.05, 3.63) is 10.7 Å². The molecule has 0 aliphatic carbocycles. The first kappa shape index (κ1) is 10.9. The van der Waals surface area contributed by atoms with Gasteiger partial charge in [0.15, 0.2) is 10.4 Å². The van der Waals surface area contributed by atoms with E-state index >= 15 is 0 Å². The van der Waals surface area contributed by atoms with Crippen LogP contribution in [-0.4, -0.2) is 11.3 Å². The van der Waals surface area contributed by atoms with Crippen LogP contribution < -0.4 is 16.2 Å². The molecule has 1 heterocycles. The highest BCUT2D eigenvalue weighted by Crippen LogP contribution is 2.32. The van der Waals surface area contributed by atoms with E-state index in [4.69, 9.17) is 11.5 Å². The zero-order valence-electron chi connectivity index (χ0n) is 6.60. The molecule has 0 aromatic carbocycles. The molecule has 0 fully saturated rings. The van der Waals surface area contributed by atoms with Crippen molar-refractivity contribution in [3.63, 3.8) is 0 Å². The minimum atomic E-state index is -4.78. The average molecular weight is 272 g/mol. The molecule has 0 atom stereocenters. The van der Waals surface area contributed by atoms with Crippen LogP contribution in [-0.2, 0) is 0 Å². The lowest BCUT2D eigenvalue weighted by molar-refractivity contribution is -0.275. The molecule has 0 spiro atoms.